The standard InChI is InChI=1S/C21H20ClN5O2/c1-12(2)19-24-25-20-21(29)26(16-6-4-5-7-17(16)27(19)20)11-18(28)23-15-9-8-13(3)10-14(15)22/h4-10,12H,11H2,1-3H3,(H,23,28). The van der Waals surface area contributed by atoms with Crippen molar-refractivity contribution in [3.05, 3.63) is 69.2 Å². The third kappa shape index (κ3) is 3.38. The molecule has 0 aliphatic carbocycles. The van der Waals surface area contributed by atoms with Gasteiger partial charge in [0.05, 0.1) is 21.7 Å². The highest BCUT2D eigenvalue weighted by molar-refractivity contribution is 6.33. The highest BCUT2D eigenvalue weighted by Crippen LogP contribution is 2.23. The van der Waals surface area contributed by atoms with E-state index >= 15 is 0 Å². The molecule has 0 spiro atoms. The second-order valence-electron chi connectivity index (χ2n) is 7.28. The van der Waals surface area contributed by atoms with Crippen LogP contribution in [0.25, 0.3) is 16.7 Å². The van der Waals surface area contributed by atoms with E-state index < -0.39 is 0 Å². The summed E-state index contributed by atoms with van der Waals surface area (Å²) < 4.78 is 3.19. The molecule has 0 aliphatic rings. The average Bonchev–Trinajstić information content (AvgIpc) is 3.13. The van der Waals surface area contributed by atoms with Gasteiger partial charge in [0.25, 0.3) is 5.56 Å². The van der Waals surface area contributed by atoms with Crippen molar-refractivity contribution in [2.24, 2.45) is 0 Å². The third-order valence-corrected chi connectivity index (χ3v) is 5.07. The highest BCUT2D eigenvalue weighted by atomic mass is 35.5. The summed E-state index contributed by atoms with van der Waals surface area (Å²) in [5.74, 6) is 0.447. The molecule has 0 aliphatic heterocycles. The van der Waals surface area contributed by atoms with E-state index in [1.807, 2.05) is 51.1 Å². The van der Waals surface area contributed by atoms with Gasteiger partial charge >= 0.3 is 0 Å². The van der Waals surface area contributed by atoms with Crippen LogP contribution in [0.2, 0.25) is 5.02 Å². The van der Waals surface area contributed by atoms with E-state index in [0.717, 1.165) is 11.1 Å². The summed E-state index contributed by atoms with van der Waals surface area (Å²) >= 11 is 6.21. The lowest BCUT2D eigenvalue weighted by atomic mass is 10.2. The van der Waals surface area contributed by atoms with E-state index in [9.17, 15) is 9.59 Å². The van der Waals surface area contributed by atoms with E-state index in [4.69, 9.17) is 11.6 Å². The first kappa shape index (κ1) is 19.1. The van der Waals surface area contributed by atoms with E-state index in [2.05, 4.69) is 15.5 Å². The molecular formula is C21H20ClN5O2. The third-order valence-electron chi connectivity index (χ3n) is 4.75. The van der Waals surface area contributed by atoms with Crippen LogP contribution in [0.5, 0.6) is 0 Å². The van der Waals surface area contributed by atoms with Crippen LogP contribution in [0.3, 0.4) is 0 Å². The molecule has 1 amide bonds. The summed E-state index contributed by atoms with van der Waals surface area (Å²) in [6.45, 7) is 5.75. The topological polar surface area (TPSA) is 81.3 Å². The van der Waals surface area contributed by atoms with Crippen molar-refractivity contribution in [3.8, 4) is 0 Å². The van der Waals surface area contributed by atoms with Crippen LogP contribution < -0.4 is 10.9 Å². The number of amides is 1. The molecular weight excluding hydrogens is 390 g/mol. The monoisotopic (exact) mass is 409 g/mol. The molecule has 0 atom stereocenters. The molecule has 0 saturated carbocycles. The molecule has 2 aromatic carbocycles. The number of aromatic nitrogens is 4. The van der Waals surface area contributed by atoms with E-state index in [-0.39, 0.29) is 29.6 Å². The van der Waals surface area contributed by atoms with Gasteiger partial charge in [-0.3, -0.25) is 18.6 Å². The van der Waals surface area contributed by atoms with Gasteiger partial charge in [0.2, 0.25) is 11.6 Å². The molecule has 4 aromatic rings. The number of aryl methyl sites for hydroxylation is 1. The summed E-state index contributed by atoms with van der Waals surface area (Å²) in [7, 11) is 0. The van der Waals surface area contributed by atoms with Gasteiger partial charge in [-0.05, 0) is 36.8 Å². The number of anilines is 1. The van der Waals surface area contributed by atoms with Gasteiger partial charge < -0.3 is 5.32 Å². The predicted octanol–water partition coefficient (Wildman–Crippen LogP) is 3.77. The van der Waals surface area contributed by atoms with Gasteiger partial charge in [-0.15, -0.1) is 10.2 Å². The molecule has 0 unspecified atom stereocenters. The maximum Gasteiger partial charge on any atom is 0.297 e. The number of hydrogen-bond acceptors (Lipinski definition) is 4. The number of fused-ring (bicyclic) bond motifs is 3. The van der Waals surface area contributed by atoms with E-state index in [1.165, 1.54) is 4.57 Å². The minimum atomic E-state index is -0.367. The SMILES string of the molecule is Cc1ccc(NC(=O)Cn2c(=O)c3nnc(C(C)C)n3c3ccccc32)c(Cl)c1. The van der Waals surface area contributed by atoms with Crippen LogP contribution in [0.1, 0.15) is 31.2 Å². The largest absolute Gasteiger partial charge is 0.323 e. The molecule has 2 heterocycles. The number of hydrogen-bond donors (Lipinski definition) is 1. The molecule has 2 aromatic heterocycles. The predicted molar refractivity (Wildman–Crippen MR) is 114 cm³/mol. The molecule has 7 nitrogen and oxygen atoms in total. The number of para-hydroxylation sites is 2. The summed E-state index contributed by atoms with van der Waals surface area (Å²) in [5, 5.41) is 11.5. The van der Waals surface area contributed by atoms with Crippen molar-refractivity contribution in [2.45, 2.75) is 33.2 Å². The number of carbonyl (C=O) groups excluding carboxylic acids is 1. The van der Waals surface area contributed by atoms with Gasteiger partial charge in [-0.2, -0.15) is 0 Å². The Labute approximate surface area is 171 Å². The second-order valence-corrected chi connectivity index (χ2v) is 7.69. The van der Waals surface area contributed by atoms with Crippen molar-refractivity contribution in [1.82, 2.24) is 19.2 Å². The maximum atomic E-state index is 13.1. The fraction of sp³-hybridized carbons (Fsp3) is 0.238. The zero-order valence-electron chi connectivity index (χ0n) is 16.3. The molecule has 0 saturated heterocycles. The Morgan fingerprint density at radius 3 is 2.55 bits per heavy atom. The lowest BCUT2D eigenvalue weighted by Crippen LogP contribution is -2.29. The Morgan fingerprint density at radius 2 is 1.86 bits per heavy atom. The fourth-order valence-corrected chi connectivity index (χ4v) is 3.65. The highest BCUT2D eigenvalue weighted by Gasteiger charge is 2.19. The summed E-state index contributed by atoms with van der Waals surface area (Å²) in [6, 6.07) is 12.8. The van der Waals surface area contributed by atoms with Crippen LogP contribution in [0, 0.1) is 6.92 Å². The summed E-state index contributed by atoms with van der Waals surface area (Å²) in [4.78, 5) is 25.8. The number of halogens is 1. The fourth-order valence-electron chi connectivity index (χ4n) is 3.37. The zero-order chi connectivity index (χ0) is 20.7. The molecule has 1 N–H and O–H groups in total. The Bertz CT molecular complexity index is 1310. The average molecular weight is 410 g/mol. The van der Waals surface area contributed by atoms with Crippen LogP contribution in [0.4, 0.5) is 5.69 Å². The van der Waals surface area contributed by atoms with Crippen molar-refractivity contribution in [2.75, 3.05) is 5.32 Å². The molecule has 148 valence electrons. The summed E-state index contributed by atoms with van der Waals surface area (Å²) in [6.07, 6.45) is 0. The van der Waals surface area contributed by atoms with Gasteiger partial charge in [0.1, 0.15) is 12.4 Å². The van der Waals surface area contributed by atoms with Crippen molar-refractivity contribution >= 4 is 39.9 Å². The van der Waals surface area contributed by atoms with Crippen LogP contribution in [-0.2, 0) is 11.3 Å². The smallest absolute Gasteiger partial charge is 0.297 e. The maximum absolute atomic E-state index is 13.1. The number of nitrogens with one attached hydrogen (secondary N) is 1. The lowest BCUT2D eigenvalue weighted by molar-refractivity contribution is -0.116. The number of benzene rings is 2. The minimum absolute atomic E-state index is 0.0932. The molecule has 0 bridgehead atoms. The number of rotatable bonds is 4. The van der Waals surface area contributed by atoms with Gasteiger partial charge in [0.15, 0.2) is 0 Å². The Hall–Kier alpha value is -3.19. The molecule has 0 radical (unpaired) electrons. The van der Waals surface area contributed by atoms with Crippen molar-refractivity contribution < 1.29 is 4.79 Å². The normalized spacial score (nSPS) is 11.5. The van der Waals surface area contributed by atoms with Crippen molar-refractivity contribution in [3.63, 3.8) is 0 Å². The van der Waals surface area contributed by atoms with Gasteiger partial charge in [-0.25, -0.2) is 0 Å². The van der Waals surface area contributed by atoms with Crippen LogP contribution in [0.15, 0.2) is 47.3 Å². The first-order chi connectivity index (χ1) is 13.9. The zero-order valence-corrected chi connectivity index (χ0v) is 17.1. The Kier molecular flexibility index (Phi) is 4.84. The Balaban J connectivity index is 1.80. The van der Waals surface area contributed by atoms with Crippen molar-refractivity contribution in [1.29, 1.82) is 0 Å². The Morgan fingerprint density at radius 1 is 1.14 bits per heavy atom. The van der Waals surface area contributed by atoms with E-state index in [1.54, 1.807) is 16.5 Å². The minimum Gasteiger partial charge on any atom is -0.323 e. The van der Waals surface area contributed by atoms with Gasteiger partial charge in [0, 0.05) is 5.92 Å². The quantitative estimate of drug-likeness (QED) is 0.556. The molecule has 29 heavy (non-hydrogen) atoms. The van der Waals surface area contributed by atoms with Gasteiger partial charge in [-0.1, -0.05) is 43.6 Å². The first-order valence-electron chi connectivity index (χ1n) is 9.29. The molecule has 0 fully saturated rings. The second kappa shape index (κ2) is 7.33. The van der Waals surface area contributed by atoms with E-state index in [0.29, 0.717) is 22.1 Å². The molecule has 4 rings (SSSR count). The molecule has 8 heteroatoms. The van der Waals surface area contributed by atoms with Crippen LogP contribution >= 0.6 is 11.6 Å². The van der Waals surface area contributed by atoms with Crippen LogP contribution in [-0.4, -0.2) is 25.1 Å². The summed E-state index contributed by atoms with van der Waals surface area (Å²) in [5.41, 5.74) is 2.74. The number of nitrogens with zero attached hydrogens (tertiary/aromatic N) is 4. The lowest BCUT2D eigenvalue weighted by Gasteiger charge is -2.14. The number of carbonyl (C=O) groups is 1. The first-order valence-corrected chi connectivity index (χ1v) is 9.67.